The van der Waals surface area contributed by atoms with Crippen LogP contribution >= 0.6 is 23.2 Å². The number of hydrogen-bond donors (Lipinski definition) is 1. The molecule has 2 N–H and O–H groups in total. The molecule has 3 rings (SSSR count). The summed E-state index contributed by atoms with van der Waals surface area (Å²) in [7, 11) is 0. The van der Waals surface area contributed by atoms with Crippen LogP contribution in [0.1, 0.15) is 31.2 Å². The van der Waals surface area contributed by atoms with E-state index in [1.807, 2.05) is 18.2 Å². The summed E-state index contributed by atoms with van der Waals surface area (Å²) in [6, 6.07) is 7.34. The molecule has 2 bridgehead atoms. The maximum absolute atomic E-state index is 6.26. The summed E-state index contributed by atoms with van der Waals surface area (Å²) >= 11 is 12.5. The second-order valence-electron chi connectivity index (χ2n) is 5.49. The Hall–Kier alpha value is -0.280. The average molecular weight is 285 g/mol. The van der Waals surface area contributed by atoms with E-state index < -0.39 is 0 Å². The predicted molar refractivity (Wildman–Crippen MR) is 76.0 cm³/mol. The van der Waals surface area contributed by atoms with Crippen LogP contribution < -0.4 is 5.73 Å². The average Bonchev–Trinajstić information content (AvgIpc) is 2.56. The quantitative estimate of drug-likeness (QED) is 0.901. The Morgan fingerprint density at radius 2 is 1.67 bits per heavy atom. The van der Waals surface area contributed by atoms with Crippen molar-refractivity contribution >= 4 is 23.2 Å². The molecule has 0 saturated carbocycles. The fourth-order valence-electron chi connectivity index (χ4n) is 3.44. The van der Waals surface area contributed by atoms with Crippen molar-refractivity contribution in [3.8, 4) is 0 Å². The third kappa shape index (κ3) is 2.27. The zero-order valence-electron chi connectivity index (χ0n) is 10.3. The molecule has 1 aromatic rings. The van der Waals surface area contributed by atoms with Gasteiger partial charge in [-0.3, -0.25) is 4.90 Å². The lowest BCUT2D eigenvalue weighted by molar-refractivity contribution is 0.120. The molecule has 0 aromatic heterocycles. The second-order valence-corrected chi connectivity index (χ2v) is 6.30. The van der Waals surface area contributed by atoms with Crippen molar-refractivity contribution in [1.82, 2.24) is 4.90 Å². The Morgan fingerprint density at radius 3 is 2.22 bits per heavy atom. The largest absolute Gasteiger partial charge is 0.328 e. The number of fused-ring (bicyclic) bond motifs is 2. The number of rotatable bonds is 2. The van der Waals surface area contributed by atoms with Gasteiger partial charge in [0.1, 0.15) is 0 Å². The SMILES string of the molecule is NC1CC2CCC(C1)N2Cc1c(Cl)cccc1Cl. The highest BCUT2D eigenvalue weighted by Crippen LogP contribution is 2.38. The molecule has 0 amide bonds. The van der Waals surface area contributed by atoms with Crippen molar-refractivity contribution in [1.29, 1.82) is 0 Å². The van der Waals surface area contributed by atoms with E-state index in [0.717, 1.165) is 35.0 Å². The van der Waals surface area contributed by atoms with Gasteiger partial charge in [0.05, 0.1) is 0 Å². The zero-order valence-corrected chi connectivity index (χ0v) is 11.8. The molecule has 2 atom stereocenters. The van der Waals surface area contributed by atoms with Crippen molar-refractivity contribution < 1.29 is 0 Å². The number of benzene rings is 1. The van der Waals surface area contributed by atoms with Crippen LogP contribution in [0.4, 0.5) is 0 Å². The minimum atomic E-state index is 0.375. The van der Waals surface area contributed by atoms with Gasteiger partial charge < -0.3 is 5.73 Å². The minimum absolute atomic E-state index is 0.375. The highest BCUT2D eigenvalue weighted by atomic mass is 35.5. The molecule has 2 aliphatic rings. The van der Waals surface area contributed by atoms with Crippen LogP contribution in [0, 0.1) is 0 Å². The first-order chi connectivity index (χ1) is 8.65. The Balaban J connectivity index is 1.81. The normalized spacial score (nSPS) is 31.8. The van der Waals surface area contributed by atoms with Crippen LogP contribution in [0.3, 0.4) is 0 Å². The molecule has 2 heterocycles. The smallest absolute Gasteiger partial charge is 0.0465 e. The maximum atomic E-state index is 6.26. The summed E-state index contributed by atoms with van der Waals surface area (Å²) in [5, 5.41) is 1.55. The van der Waals surface area contributed by atoms with Gasteiger partial charge in [0, 0.05) is 40.3 Å². The molecule has 0 aliphatic carbocycles. The Bertz CT molecular complexity index is 415. The fraction of sp³-hybridized carbons (Fsp3) is 0.571. The monoisotopic (exact) mass is 284 g/mol. The molecular weight excluding hydrogens is 267 g/mol. The van der Waals surface area contributed by atoms with Crippen molar-refractivity contribution in [3.63, 3.8) is 0 Å². The number of nitrogens with two attached hydrogens (primary N) is 1. The summed E-state index contributed by atoms with van der Waals surface area (Å²) in [5.41, 5.74) is 7.16. The van der Waals surface area contributed by atoms with Crippen LogP contribution in [0.25, 0.3) is 0 Å². The maximum Gasteiger partial charge on any atom is 0.0465 e. The molecule has 18 heavy (non-hydrogen) atoms. The first-order valence-electron chi connectivity index (χ1n) is 6.59. The summed E-state index contributed by atoms with van der Waals surface area (Å²) in [5.74, 6) is 0. The van der Waals surface area contributed by atoms with E-state index in [-0.39, 0.29) is 0 Å². The van der Waals surface area contributed by atoms with Crippen molar-refractivity contribution in [2.24, 2.45) is 5.73 Å². The molecule has 1 aromatic carbocycles. The molecule has 2 nitrogen and oxygen atoms in total. The highest BCUT2D eigenvalue weighted by Gasteiger charge is 2.39. The lowest BCUT2D eigenvalue weighted by Crippen LogP contribution is -2.46. The first kappa shape index (κ1) is 12.7. The Morgan fingerprint density at radius 1 is 1.11 bits per heavy atom. The fourth-order valence-corrected chi connectivity index (χ4v) is 3.96. The molecule has 0 spiro atoms. The highest BCUT2D eigenvalue weighted by molar-refractivity contribution is 6.35. The van der Waals surface area contributed by atoms with Gasteiger partial charge in [0.25, 0.3) is 0 Å². The third-order valence-electron chi connectivity index (χ3n) is 4.32. The first-order valence-corrected chi connectivity index (χ1v) is 7.35. The molecule has 2 aliphatic heterocycles. The standard InChI is InChI=1S/C14H18Cl2N2/c15-13-2-1-3-14(16)12(13)8-18-10-4-5-11(18)7-9(17)6-10/h1-3,9-11H,4-8,17H2. The molecule has 4 heteroatoms. The van der Waals surface area contributed by atoms with Crippen molar-refractivity contribution in [3.05, 3.63) is 33.8 Å². The third-order valence-corrected chi connectivity index (χ3v) is 5.03. The van der Waals surface area contributed by atoms with Crippen molar-refractivity contribution in [2.45, 2.75) is 50.4 Å². The number of hydrogen-bond acceptors (Lipinski definition) is 2. The van der Waals surface area contributed by atoms with Gasteiger partial charge in [-0.1, -0.05) is 29.3 Å². The van der Waals surface area contributed by atoms with E-state index in [9.17, 15) is 0 Å². The Labute approximate surface area is 118 Å². The van der Waals surface area contributed by atoms with Crippen molar-refractivity contribution in [2.75, 3.05) is 0 Å². The topological polar surface area (TPSA) is 29.3 Å². The lowest BCUT2D eigenvalue weighted by atomic mass is 9.97. The van der Waals surface area contributed by atoms with Crippen LogP contribution in [0.5, 0.6) is 0 Å². The van der Waals surface area contributed by atoms with Crippen LogP contribution in [0.2, 0.25) is 10.0 Å². The van der Waals surface area contributed by atoms with Gasteiger partial charge in [-0.15, -0.1) is 0 Å². The van der Waals surface area contributed by atoms with E-state index in [2.05, 4.69) is 4.90 Å². The van der Waals surface area contributed by atoms with Gasteiger partial charge in [0.2, 0.25) is 0 Å². The summed E-state index contributed by atoms with van der Waals surface area (Å²) < 4.78 is 0. The molecule has 0 radical (unpaired) electrons. The second kappa shape index (κ2) is 5.01. The van der Waals surface area contributed by atoms with E-state index in [1.54, 1.807) is 0 Å². The number of halogens is 2. The lowest BCUT2D eigenvalue weighted by Gasteiger charge is -2.38. The molecular formula is C14H18Cl2N2. The summed E-state index contributed by atoms with van der Waals surface area (Å²) in [4.78, 5) is 2.55. The van der Waals surface area contributed by atoms with Gasteiger partial charge in [-0.25, -0.2) is 0 Å². The molecule has 2 fully saturated rings. The van der Waals surface area contributed by atoms with Crippen LogP contribution in [-0.4, -0.2) is 23.0 Å². The molecule has 98 valence electrons. The zero-order chi connectivity index (χ0) is 12.7. The number of piperidine rings is 1. The van der Waals surface area contributed by atoms with Crippen LogP contribution in [-0.2, 0) is 6.54 Å². The van der Waals surface area contributed by atoms with Gasteiger partial charge in [-0.05, 0) is 37.8 Å². The summed E-state index contributed by atoms with van der Waals surface area (Å²) in [6.45, 7) is 0.862. The molecule has 2 saturated heterocycles. The predicted octanol–water partition coefficient (Wildman–Crippen LogP) is 3.45. The van der Waals surface area contributed by atoms with E-state index in [0.29, 0.717) is 18.1 Å². The van der Waals surface area contributed by atoms with Crippen LogP contribution in [0.15, 0.2) is 18.2 Å². The van der Waals surface area contributed by atoms with Gasteiger partial charge in [0.15, 0.2) is 0 Å². The molecule has 2 unspecified atom stereocenters. The van der Waals surface area contributed by atoms with E-state index in [1.165, 1.54) is 12.8 Å². The van der Waals surface area contributed by atoms with Gasteiger partial charge >= 0.3 is 0 Å². The van der Waals surface area contributed by atoms with E-state index >= 15 is 0 Å². The van der Waals surface area contributed by atoms with Gasteiger partial charge in [-0.2, -0.15) is 0 Å². The Kier molecular flexibility index (Phi) is 3.55. The number of nitrogens with zero attached hydrogens (tertiary/aromatic N) is 1. The summed E-state index contributed by atoms with van der Waals surface area (Å²) in [6.07, 6.45) is 4.75. The minimum Gasteiger partial charge on any atom is -0.328 e. The van der Waals surface area contributed by atoms with E-state index in [4.69, 9.17) is 28.9 Å².